The van der Waals surface area contributed by atoms with Crippen LogP contribution in [0.4, 0.5) is 0 Å². The van der Waals surface area contributed by atoms with Crippen molar-refractivity contribution in [1.82, 2.24) is 10.3 Å². The Bertz CT molecular complexity index is 649. The van der Waals surface area contributed by atoms with Gasteiger partial charge in [-0.25, -0.2) is 4.79 Å². The average Bonchev–Trinajstić information content (AvgIpc) is 3.21. The lowest BCUT2D eigenvalue weighted by molar-refractivity contribution is 0.0525. The normalized spacial score (nSPS) is 26.4. The summed E-state index contributed by atoms with van der Waals surface area (Å²) >= 11 is 0. The maximum Gasteiger partial charge on any atom is 0.340 e. The molecule has 4 atom stereocenters. The Balaban J connectivity index is 1.71. The second-order valence-electron chi connectivity index (χ2n) is 7.45. The van der Waals surface area contributed by atoms with Gasteiger partial charge in [0.15, 0.2) is 0 Å². The number of H-pyrrole nitrogens is 1. The molecule has 2 fully saturated rings. The number of aromatic amines is 1. The fourth-order valence-electron chi connectivity index (χ4n) is 4.78. The molecule has 2 saturated carbocycles. The van der Waals surface area contributed by atoms with Crippen molar-refractivity contribution in [2.24, 2.45) is 17.8 Å². The number of aryl methyl sites for hydroxylation is 1. The number of hydrogen-bond acceptors (Lipinski definition) is 3. The highest BCUT2D eigenvalue weighted by atomic mass is 16.5. The van der Waals surface area contributed by atoms with Crippen LogP contribution in [0.5, 0.6) is 0 Å². The summed E-state index contributed by atoms with van der Waals surface area (Å²) in [6.45, 7) is 7.81. The van der Waals surface area contributed by atoms with E-state index in [1.54, 1.807) is 20.8 Å². The van der Waals surface area contributed by atoms with E-state index in [4.69, 9.17) is 4.74 Å². The van der Waals surface area contributed by atoms with Crippen LogP contribution in [0.2, 0.25) is 0 Å². The van der Waals surface area contributed by atoms with Crippen molar-refractivity contribution in [3.63, 3.8) is 0 Å². The molecule has 2 aliphatic carbocycles. The van der Waals surface area contributed by atoms with Crippen LogP contribution in [-0.4, -0.2) is 29.5 Å². The molecule has 0 spiro atoms. The van der Waals surface area contributed by atoms with Crippen LogP contribution in [0.15, 0.2) is 0 Å². The van der Waals surface area contributed by atoms with E-state index in [-0.39, 0.29) is 17.9 Å². The summed E-state index contributed by atoms with van der Waals surface area (Å²) in [5.74, 6) is 1.73. The minimum atomic E-state index is -0.371. The van der Waals surface area contributed by atoms with Gasteiger partial charge in [-0.3, -0.25) is 4.79 Å². The van der Waals surface area contributed by atoms with Gasteiger partial charge in [-0.2, -0.15) is 0 Å². The summed E-state index contributed by atoms with van der Waals surface area (Å²) < 4.78 is 5.09. The average molecular weight is 332 g/mol. The number of nitrogens with one attached hydrogen (secondary N) is 2. The van der Waals surface area contributed by atoms with E-state index in [1.807, 2.05) is 0 Å². The fraction of sp³-hybridized carbons (Fsp3) is 0.684. The Morgan fingerprint density at radius 2 is 2.04 bits per heavy atom. The number of amides is 1. The van der Waals surface area contributed by atoms with Crippen molar-refractivity contribution < 1.29 is 14.3 Å². The van der Waals surface area contributed by atoms with Gasteiger partial charge in [-0.1, -0.05) is 6.42 Å². The summed E-state index contributed by atoms with van der Waals surface area (Å²) in [5, 5.41) is 3.15. The van der Waals surface area contributed by atoms with Crippen LogP contribution in [0.3, 0.4) is 0 Å². The predicted molar refractivity (Wildman–Crippen MR) is 92.1 cm³/mol. The fourth-order valence-corrected chi connectivity index (χ4v) is 4.78. The van der Waals surface area contributed by atoms with Crippen LogP contribution in [0.25, 0.3) is 0 Å². The summed E-state index contributed by atoms with van der Waals surface area (Å²) in [4.78, 5) is 27.8. The van der Waals surface area contributed by atoms with Crippen molar-refractivity contribution >= 4 is 11.9 Å². The lowest BCUT2D eigenvalue weighted by Gasteiger charge is -2.28. The first-order valence-corrected chi connectivity index (χ1v) is 9.09. The molecule has 0 unspecified atom stereocenters. The molecule has 0 aromatic carbocycles. The van der Waals surface area contributed by atoms with Crippen LogP contribution in [0, 0.1) is 31.6 Å². The van der Waals surface area contributed by atoms with E-state index in [0.29, 0.717) is 35.0 Å². The summed E-state index contributed by atoms with van der Waals surface area (Å²) in [5.41, 5.74) is 2.31. The number of aromatic nitrogens is 1. The van der Waals surface area contributed by atoms with Gasteiger partial charge in [-0.15, -0.1) is 0 Å². The molecule has 24 heavy (non-hydrogen) atoms. The van der Waals surface area contributed by atoms with E-state index < -0.39 is 0 Å². The van der Waals surface area contributed by atoms with Gasteiger partial charge in [0, 0.05) is 11.7 Å². The zero-order valence-electron chi connectivity index (χ0n) is 15.1. The van der Waals surface area contributed by atoms with Crippen molar-refractivity contribution in [3.8, 4) is 0 Å². The monoisotopic (exact) mass is 332 g/mol. The summed E-state index contributed by atoms with van der Waals surface area (Å²) in [6, 6.07) is 0.168. The molecule has 5 nitrogen and oxygen atoms in total. The van der Waals surface area contributed by atoms with Gasteiger partial charge in [-0.05, 0) is 70.3 Å². The number of carbonyl (C=O) groups is 2. The Morgan fingerprint density at radius 3 is 2.62 bits per heavy atom. The van der Waals surface area contributed by atoms with Crippen molar-refractivity contribution in [1.29, 1.82) is 0 Å². The Morgan fingerprint density at radius 1 is 1.29 bits per heavy atom. The van der Waals surface area contributed by atoms with Crippen molar-refractivity contribution in [2.75, 3.05) is 6.61 Å². The molecule has 0 saturated heterocycles. The second kappa shape index (κ2) is 6.61. The van der Waals surface area contributed by atoms with E-state index in [0.717, 1.165) is 11.8 Å². The zero-order valence-corrected chi connectivity index (χ0v) is 15.1. The molecule has 2 N–H and O–H groups in total. The van der Waals surface area contributed by atoms with E-state index in [9.17, 15) is 9.59 Å². The minimum Gasteiger partial charge on any atom is -0.462 e. The molecule has 0 aliphatic heterocycles. The number of ether oxygens (including phenoxy) is 1. The molecular weight excluding hydrogens is 304 g/mol. The highest BCUT2D eigenvalue weighted by molar-refractivity contribution is 6.00. The molecular formula is C19H28N2O3. The van der Waals surface area contributed by atoms with Gasteiger partial charge >= 0.3 is 5.97 Å². The number of rotatable bonds is 5. The first kappa shape index (κ1) is 17.1. The number of fused-ring (bicyclic) bond motifs is 2. The SMILES string of the molecule is CCOC(=O)c1c(C)[nH]c(C(=O)N[C@@H](C)[C@@H]2C[C@H]3CC[C@H]2C3)c1C. The zero-order chi connectivity index (χ0) is 17.4. The largest absolute Gasteiger partial charge is 0.462 e. The molecule has 1 aromatic rings. The van der Waals surface area contributed by atoms with Crippen LogP contribution in [0.1, 0.15) is 71.6 Å². The number of esters is 1. The van der Waals surface area contributed by atoms with Crippen LogP contribution >= 0.6 is 0 Å². The molecule has 1 aromatic heterocycles. The van der Waals surface area contributed by atoms with Gasteiger partial charge < -0.3 is 15.0 Å². The first-order chi connectivity index (χ1) is 11.4. The molecule has 1 amide bonds. The molecule has 2 bridgehead atoms. The lowest BCUT2D eigenvalue weighted by atomic mass is 9.84. The smallest absolute Gasteiger partial charge is 0.340 e. The molecule has 5 heteroatoms. The highest BCUT2D eigenvalue weighted by Gasteiger charge is 2.42. The number of carbonyl (C=O) groups excluding carboxylic acids is 2. The highest BCUT2D eigenvalue weighted by Crippen LogP contribution is 2.49. The van der Waals surface area contributed by atoms with Gasteiger partial charge in [0.25, 0.3) is 5.91 Å². The lowest BCUT2D eigenvalue weighted by Crippen LogP contribution is -2.40. The Kier molecular flexibility index (Phi) is 4.70. The minimum absolute atomic E-state index is 0.124. The molecule has 2 aliphatic rings. The maximum absolute atomic E-state index is 12.7. The second-order valence-corrected chi connectivity index (χ2v) is 7.45. The quantitative estimate of drug-likeness (QED) is 0.812. The van der Waals surface area contributed by atoms with Crippen molar-refractivity contribution in [3.05, 3.63) is 22.5 Å². The van der Waals surface area contributed by atoms with E-state index in [1.165, 1.54) is 25.7 Å². The third-order valence-electron chi connectivity index (χ3n) is 5.94. The molecule has 132 valence electrons. The molecule has 1 heterocycles. The maximum atomic E-state index is 12.7. The van der Waals surface area contributed by atoms with Gasteiger partial charge in [0.05, 0.1) is 12.2 Å². The first-order valence-electron chi connectivity index (χ1n) is 9.09. The molecule has 3 rings (SSSR count). The van der Waals surface area contributed by atoms with Gasteiger partial charge in [0.2, 0.25) is 0 Å². The topological polar surface area (TPSA) is 71.2 Å². The third-order valence-corrected chi connectivity index (χ3v) is 5.94. The summed E-state index contributed by atoms with van der Waals surface area (Å²) in [6.07, 6.45) is 5.24. The van der Waals surface area contributed by atoms with Crippen molar-refractivity contribution in [2.45, 2.75) is 59.4 Å². The molecule has 0 radical (unpaired) electrons. The number of hydrogen-bond donors (Lipinski definition) is 2. The Hall–Kier alpha value is -1.78. The predicted octanol–water partition coefficient (Wildman–Crippen LogP) is 3.36. The van der Waals surface area contributed by atoms with E-state index >= 15 is 0 Å². The van der Waals surface area contributed by atoms with E-state index in [2.05, 4.69) is 17.2 Å². The third kappa shape index (κ3) is 2.96. The van der Waals surface area contributed by atoms with Crippen LogP contribution < -0.4 is 5.32 Å². The van der Waals surface area contributed by atoms with Crippen LogP contribution in [-0.2, 0) is 4.74 Å². The van der Waals surface area contributed by atoms with Gasteiger partial charge in [0.1, 0.15) is 5.69 Å². The standard InChI is InChI=1S/C19H28N2O3/c1-5-24-19(23)16-10(2)17(20-12(16)4)18(22)21-11(3)15-9-13-6-7-14(15)8-13/h11,13-15,20H,5-9H2,1-4H3,(H,21,22)/t11-,13-,14-,15-/m0/s1. The summed E-state index contributed by atoms with van der Waals surface area (Å²) in [7, 11) is 0. The Labute approximate surface area is 143 Å².